The number of anilines is 1. The Morgan fingerprint density at radius 3 is 2.50 bits per heavy atom. The molecular weight excluding hydrogens is 396 g/mol. The highest BCUT2D eigenvalue weighted by atomic mass is 16.5. The number of hydrogen-bond acceptors (Lipinski definition) is 8. The standard InChI is InChI=1S/C20H22N2O8/c1-4-28-20(26)16-11(2)30-19(17(16)18(21)25)22-14(23)10-29-15(24)9-12-6-5-7-13(8-12)27-3/h5-8H,4,9-10H2,1-3H3,(H2,21,25)(H,22,23). The van der Waals surface area contributed by atoms with Gasteiger partial charge in [0.2, 0.25) is 5.88 Å². The highest BCUT2D eigenvalue weighted by Crippen LogP contribution is 2.27. The van der Waals surface area contributed by atoms with E-state index in [4.69, 9.17) is 24.4 Å². The molecule has 0 bridgehead atoms. The Kier molecular flexibility index (Phi) is 7.56. The number of ether oxygens (including phenoxy) is 3. The Morgan fingerprint density at radius 2 is 1.87 bits per heavy atom. The summed E-state index contributed by atoms with van der Waals surface area (Å²) in [5, 5.41) is 2.28. The van der Waals surface area contributed by atoms with Crippen molar-refractivity contribution >= 4 is 29.6 Å². The SMILES string of the molecule is CCOC(=O)c1c(C)oc(NC(=O)COC(=O)Cc2cccc(OC)c2)c1C(N)=O. The first-order valence-corrected chi connectivity index (χ1v) is 8.95. The number of rotatable bonds is 9. The first-order valence-electron chi connectivity index (χ1n) is 8.95. The number of amides is 2. The van der Waals surface area contributed by atoms with Gasteiger partial charge in [0.05, 0.1) is 20.1 Å². The maximum absolute atomic E-state index is 12.1. The molecule has 0 saturated carbocycles. The number of hydrogen-bond donors (Lipinski definition) is 2. The van der Waals surface area contributed by atoms with Crippen LogP contribution in [0.15, 0.2) is 28.7 Å². The molecule has 2 aromatic rings. The minimum absolute atomic E-state index is 0.0487. The van der Waals surface area contributed by atoms with Gasteiger partial charge in [-0.2, -0.15) is 0 Å². The number of nitrogens with one attached hydrogen (secondary N) is 1. The molecule has 0 unspecified atom stereocenters. The van der Waals surface area contributed by atoms with Crippen LogP contribution in [0.3, 0.4) is 0 Å². The van der Waals surface area contributed by atoms with Crippen molar-refractivity contribution in [1.82, 2.24) is 0 Å². The third-order valence-electron chi connectivity index (χ3n) is 3.91. The van der Waals surface area contributed by atoms with Crippen LogP contribution in [0.4, 0.5) is 5.88 Å². The molecule has 2 amide bonds. The van der Waals surface area contributed by atoms with E-state index in [2.05, 4.69) is 5.32 Å². The van der Waals surface area contributed by atoms with Gasteiger partial charge >= 0.3 is 11.9 Å². The Bertz CT molecular complexity index is 964. The highest BCUT2D eigenvalue weighted by Gasteiger charge is 2.29. The van der Waals surface area contributed by atoms with E-state index in [-0.39, 0.29) is 35.8 Å². The molecule has 3 N–H and O–H groups in total. The van der Waals surface area contributed by atoms with Gasteiger partial charge in [-0.3, -0.25) is 19.7 Å². The summed E-state index contributed by atoms with van der Waals surface area (Å²) in [6.07, 6.45) is -0.0656. The number of benzene rings is 1. The zero-order valence-electron chi connectivity index (χ0n) is 16.8. The molecule has 1 heterocycles. The van der Waals surface area contributed by atoms with E-state index in [9.17, 15) is 19.2 Å². The lowest BCUT2D eigenvalue weighted by Gasteiger charge is -2.07. The monoisotopic (exact) mass is 418 g/mol. The summed E-state index contributed by atoms with van der Waals surface area (Å²) in [6.45, 7) is 2.46. The molecule has 10 heteroatoms. The van der Waals surface area contributed by atoms with Gasteiger partial charge in [-0.15, -0.1) is 0 Å². The van der Waals surface area contributed by atoms with Crippen molar-refractivity contribution in [3.05, 3.63) is 46.7 Å². The Morgan fingerprint density at radius 1 is 1.13 bits per heavy atom. The Balaban J connectivity index is 2.02. The van der Waals surface area contributed by atoms with Crippen molar-refractivity contribution in [3.63, 3.8) is 0 Å². The number of furan rings is 1. The number of esters is 2. The van der Waals surface area contributed by atoms with E-state index in [1.165, 1.54) is 14.0 Å². The summed E-state index contributed by atoms with van der Waals surface area (Å²) >= 11 is 0. The molecule has 160 valence electrons. The van der Waals surface area contributed by atoms with Crippen LogP contribution in [0, 0.1) is 6.92 Å². The second-order valence-electron chi connectivity index (χ2n) is 6.06. The van der Waals surface area contributed by atoms with Crippen LogP contribution in [0.1, 0.15) is 39.0 Å². The smallest absolute Gasteiger partial charge is 0.342 e. The van der Waals surface area contributed by atoms with E-state index >= 15 is 0 Å². The summed E-state index contributed by atoms with van der Waals surface area (Å²) in [7, 11) is 1.51. The molecule has 1 aromatic heterocycles. The van der Waals surface area contributed by atoms with E-state index in [1.807, 2.05) is 0 Å². The third kappa shape index (κ3) is 5.60. The fourth-order valence-corrected chi connectivity index (χ4v) is 2.63. The average molecular weight is 418 g/mol. The second kappa shape index (κ2) is 10.1. The van der Waals surface area contributed by atoms with Gasteiger partial charge in [0.1, 0.15) is 22.6 Å². The van der Waals surface area contributed by atoms with Gasteiger partial charge in [-0.1, -0.05) is 12.1 Å². The van der Waals surface area contributed by atoms with Crippen LogP contribution in [0.25, 0.3) is 0 Å². The van der Waals surface area contributed by atoms with E-state index < -0.39 is 30.4 Å². The molecule has 0 aliphatic carbocycles. The number of aryl methyl sites for hydroxylation is 1. The molecule has 2 rings (SSSR count). The van der Waals surface area contributed by atoms with Gasteiger partial charge in [-0.05, 0) is 31.5 Å². The first kappa shape index (κ1) is 22.5. The van der Waals surface area contributed by atoms with Crippen molar-refractivity contribution in [1.29, 1.82) is 0 Å². The zero-order chi connectivity index (χ0) is 22.3. The van der Waals surface area contributed by atoms with Crippen molar-refractivity contribution in [2.75, 3.05) is 25.6 Å². The van der Waals surface area contributed by atoms with Crippen LogP contribution < -0.4 is 15.8 Å². The number of nitrogens with two attached hydrogens (primary N) is 1. The van der Waals surface area contributed by atoms with Crippen LogP contribution in [0.5, 0.6) is 5.75 Å². The summed E-state index contributed by atoms with van der Waals surface area (Å²) in [6, 6.07) is 6.84. The van der Waals surface area contributed by atoms with Gasteiger partial charge in [0.15, 0.2) is 6.61 Å². The molecule has 30 heavy (non-hydrogen) atoms. The van der Waals surface area contributed by atoms with Crippen molar-refractivity contribution < 1.29 is 37.8 Å². The van der Waals surface area contributed by atoms with E-state index in [0.717, 1.165) is 0 Å². The molecule has 0 fully saturated rings. The molecule has 1 aromatic carbocycles. The second-order valence-corrected chi connectivity index (χ2v) is 6.06. The van der Waals surface area contributed by atoms with Crippen molar-refractivity contribution in [2.24, 2.45) is 5.73 Å². The van der Waals surface area contributed by atoms with Crippen LogP contribution in [0.2, 0.25) is 0 Å². The topological polar surface area (TPSA) is 147 Å². The molecule has 0 saturated heterocycles. The lowest BCUT2D eigenvalue weighted by atomic mass is 10.1. The molecule has 0 aliphatic rings. The largest absolute Gasteiger partial charge is 0.497 e. The van der Waals surface area contributed by atoms with Crippen LogP contribution in [-0.4, -0.2) is 44.1 Å². The Labute approximate surface area is 172 Å². The van der Waals surface area contributed by atoms with Crippen LogP contribution >= 0.6 is 0 Å². The zero-order valence-corrected chi connectivity index (χ0v) is 16.8. The van der Waals surface area contributed by atoms with E-state index in [1.54, 1.807) is 31.2 Å². The van der Waals surface area contributed by atoms with Crippen molar-refractivity contribution in [2.45, 2.75) is 20.3 Å². The van der Waals surface area contributed by atoms with Crippen LogP contribution in [-0.2, 0) is 25.5 Å². The number of carbonyl (C=O) groups excluding carboxylic acids is 4. The predicted molar refractivity (Wildman–Crippen MR) is 104 cm³/mol. The number of primary amides is 1. The lowest BCUT2D eigenvalue weighted by molar-refractivity contribution is -0.146. The van der Waals surface area contributed by atoms with Gasteiger partial charge in [0, 0.05) is 0 Å². The predicted octanol–water partition coefficient (Wildman–Crippen LogP) is 1.60. The quantitative estimate of drug-likeness (QED) is 0.584. The minimum atomic E-state index is -0.986. The van der Waals surface area contributed by atoms with Gasteiger partial charge in [0.25, 0.3) is 11.8 Å². The summed E-state index contributed by atoms with van der Waals surface area (Å²) in [5.74, 6) is -2.90. The Hall–Kier alpha value is -3.82. The van der Waals surface area contributed by atoms with Crippen molar-refractivity contribution in [3.8, 4) is 5.75 Å². The normalized spacial score (nSPS) is 10.2. The lowest BCUT2D eigenvalue weighted by Crippen LogP contribution is -2.24. The first-order chi connectivity index (χ1) is 14.3. The van der Waals surface area contributed by atoms with Gasteiger partial charge < -0.3 is 24.4 Å². The summed E-state index contributed by atoms with van der Waals surface area (Å²) in [4.78, 5) is 47.9. The molecular formula is C20H22N2O8. The summed E-state index contributed by atoms with van der Waals surface area (Å²) < 4.78 is 20.2. The minimum Gasteiger partial charge on any atom is -0.497 e. The average Bonchev–Trinajstić information content (AvgIpc) is 3.02. The maximum atomic E-state index is 12.1. The highest BCUT2D eigenvalue weighted by molar-refractivity contribution is 6.10. The van der Waals surface area contributed by atoms with Gasteiger partial charge in [-0.25, -0.2) is 4.79 Å². The molecule has 0 spiro atoms. The number of methoxy groups -OCH3 is 1. The third-order valence-corrected chi connectivity index (χ3v) is 3.91. The fourth-order valence-electron chi connectivity index (χ4n) is 2.63. The van der Waals surface area contributed by atoms with E-state index in [0.29, 0.717) is 11.3 Å². The number of carbonyl (C=O) groups is 4. The molecule has 0 atom stereocenters. The summed E-state index contributed by atoms with van der Waals surface area (Å²) in [5.41, 5.74) is 5.48. The molecule has 0 radical (unpaired) electrons. The molecule has 0 aliphatic heterocycles. The fraction of sp³-hybridized carbons (Fsp3) is 0.300. The maximum Gasteiger partial charge on any atom is 0.342 e. The molecule has 10 nitrogen and oxygen atoms in total.